The number of aliphatic hydroxyl groups is 1. The van der Waals surface area contributed by atoms with Gasteiger partial charge in [0, 0.05) is 13.2 Å². The number of rotatable bonds is 7. The van der Waals surface area contributed by atoms with Crippen LogP contribution in [0.25, 0.3) is 0 Å². The Morgan fingerprint density at radius 2 is 2.29 bits per heavy atom. The number of aliphatic imine (C=N–C) groups is 1. The summed E-state index contributed by atoms with van der Waals surface area (Å²) in [5.74, 6) is 1.29. The van der Waals surface area contributed by atoms with Crippen LogP contribution in [0.2, 0.25) is 0 Å². The zero-order valence-electron chi connectivity index (χ0n) is 13.0. The first kappa shape index (κ1) is 15.8. The maximum Gasteiger partial charge on any atom is 0.150 e. The van der Waals surface area contributed by atoms with Gasteiger partial charge in [0.1, 0.15) is 23.4 Å². The van der Waals surface area contributed by atoms with Gasteiger partial charge in [0.25, 0.3) is 0 Å². The summed E-state index contributed by atoms with van der Waals surface area (Å²) in [6.45, 7) is 6.74. The first-order chi connectivity index (χ1) is 10.0. The van der Waals surface area contributed by atoms with Crippen LogP contribution in [0.1, 0.15) is 45.7 Å². The van der Waals surface area contributed by atoms with Crippen LogP contribution in [0.3, 0.4) is 0 Å². The summed E-state index contributed by atoms with van der Waals surface area (Å²) < 4.78 is 7.96. The number of imidazole rings is 1. The molecule has 2 rings (SSSR count). The van der Waals surface area contributed by atoms with Crippen molar-refractivity contribution in [1.82, 2.24) is 9.55 Å². The fourth-order valence-electron chi connectivity index (χ4n) is 2.67. The molecule has 0 amide bonds. The number of hydrogen-bond acceptors (Lipinski definition) is 6. The Morgan fingerprint density at radius 1 is 1.52 bits per heavy atom. The lowest BCUT2D eigenvalue weighted by atomic mass is 10.1. The largest absolute Gasteiger partial charge is 0.396 e. The predicted molar refractivity (Wildman–Crippen MR) is 82.2 cm³/mol. The van der Waals surface area contributed by atoms with Crippen molar-refractivity contribution in [3.05, 3.63) is 12.0 Å². The van der Waals surface area contributed by atoms with Gasteiger partial charge in [0.2, 0.25) is 0 Å². The number of nitrogens with zero attached hydrogens (tertiary/aromatic N) is 3. The second-order valence-electron chi connectivity index (χ2n) is 5.44. The van der Waals surface area contributed by atoms with Crippen molar-refractivity contribution in [2.75, 3.05) is 18.5 Å². The number of ether oxygens (including phenoxy) is 1. The van der Waals surface area contributed by atoms with Crippen molar-refractivity contribution in [2.45, 2.75) is 51.9 Å². The van der Waals surface area contributed by atoms with Gasteiger partial charge in [-0.2, -0.15) is 0 Å². The summed E-state index contributed by atoms with van der Waals surface area (Å²) in [6, 6.07) is 0. The summed E-state index contributed by atoms with van der Waals surface area (Å²) in [4.78, 5) is 8.64. The van der Waals surface area contributed by atoms with E-state index in [-0.39, 0.29) is 12.8 Å². The molecule has 0 aliphatic carbocycles. The van der Waals surface area contributed by atoms with Crippen LogP contribution in [-0.2, 0) is 10.5 Å². The molecule has 0 fully saturated rings. The van der Waals surface area contributed by atoms with Crippen LogP contribution in [0, 0.1) is 0 Å². The molecule has 118 valence electrons. The average Bonchev–Trinajstić information content (AvgIpc) is 2.84. The van der Waals surface area contributed by atoms with Crippen molar-refractivity contribution in [3.63, 3.8) is 0 Å². The lowest BCUT2D eigenvalue weighted by Gasteiger charge is -2.34. The maximum atomic E-state index is 8.98. The number of amidine groups is 1. The highest BCUT2D eigenvalue weighted by Crippen LogP contribution is 2.32. The van der Waals surface area contributed by atoms with E-state index in [2.05, 4.69) is 15.3 Å². The zero-order valence-corrected chi connectivity index (χ0v) is 13.0. The van der Waals surface area contributed by atoms with Crippen LogP contribution in [-0.4, -0.2) is 39.9 Å². The second-order valence-corrected chi connectivity index (χ2v) is 5.44. The fraction of sp³-hybridized carbons (Fsp3) is 0.714. The molecule has 0 radical (unpaired) electrons. The van der Waals surface area contributed by atoms with Crippen molar-refractivity contribution >= 4 is 11.7 Å². The molecule has 2 heterocycles. The van der Waals surface area contributed by atoms with E-state index in [1.54, 1.807) is 6.33 Å². The van der Waals surface area contributed by atoms with Crippen LogP contribution in [0.15, 0.2) is 11.3 Å². The summed E-state index contributed by atoms with van der Waals surface area (Å²) in [5.41, 5.74) is 6.10. The third-order valence-corrected chi connectivity index (χ3v) is 3.70. The second kappa shape index (κ2) is 6.44. The molecule has 21 heavy (non-hydrogen) atoms. The van der Waals surface area contributed by atoms with E-state index in [0.29, 0.717) is 18.1 Å². The smallest absolute Gasteiger partial charge is 0.150 e. The molecule has 0 saturated carbocycles. The molecule has 1 aliphatic heterocycles. The van der Waals surface area contributed by atoms with Gasteiger partial charge >= 0.3 is 0 Å². The van der Waals surface area contributed by atoms with E-state index < -0.39 is 5.72 Å². The molecule has 7 nitrogen and oxygen atoms in total. The summed E-state index contributed by atoms with van der Waals surface area (Å²) in [6.07, 6.45) is 4.08. The Kier molecular flexibility index (Phi) is 4.84. The number of fused-ring (bicyclic) bond motifs is 1. The maximum absolute atomic E-state index is 8.98. The molecule has 1 aliphatic rings. The molecule has 4 N–H and O–H groups in total. The highest BCUT2D eigenvalue weighted by Gasteiger charge is 2.32. The van der Waals surface area contributed by atoms with Gasteiger partial charge in [-0.1, -0.05) is 0 Å². The minimum atomic E-state index is -0.519. The van der Waals surface area contributed by atoms with Crippen molar-refractivity contribution in [1.29, 1.82) is 0 Å². The van der Waals surface area contributed by atoms with Crippen molar-refractivity contribution in [2.24, 2.45) is 10.7 Å². The Hall–Kier alpha value is -1.60. The number of aromatic nitrogens is 2. The normalized spacial score (nSPS) is 20.4. The van der Waals surface area contributed by atoms with Crippen LogP contribution < -0.4 is 11.1 Å². The van der Waals surface area contributed by atoms with Gasteiger partial charge < -0.3 is 20.9 Å². The first-order valence-corrected chi connectivity index (χ1v) is 7.44. The lowest BCUT2D eigenvalue weighted by Crippen LogP contribution is -2.37. The van der Waals surface area contributed by atoms with E-state index in [1.165, 1.54) is 0 Å². The van der Waals surface area contributed by atoms with E-state index in [0.717, 1.165) is 25.1 Å². The summed E-state index contributed by atoms with van der Waals surface area (Å²) >= 11 is 0. The summed E-state index contributed by atoms with van der Waals surface area (Å²) in [7, 11) is 0. The van der Waals surface area contributed by atoms with Crippen molar-refractivity contribution < 1.29 is 9.84 Å². The molecule has 2 atom stereocenters. The molecule has 7 heteroatoms. The topological polar surface area (TPSA) is 97.7 Å². The fourth-order valence-corrected chi connectivity index (χ4v) is 2.67. The number of unbranched alkanes of at least 4 members (excludes halogenated alkanes) is 1. The Morgan fingerprint density at radius 3 is 2.95 bits per heavy atom. The number of anilines is 1. The van der Waals surface area contributed by atoms with Crippen LogP contribution in [0.5, 0.6) is 0 Å². The molecule has 0 saturated heterocycles. The molecule has 1 aromatic heterocycles. The Balaban J connectivity index is 2.32. The molecule has 0 spiro atoms. The number of aliphatic hydroxyl groups excluding tert-OH is 1. The molecule has 0 aromatic carbocycles. The summed E-state index contributed by atoms with van der Waals surface area (Å²) in [5, 5.41) is 12.3. The molecule has 2 unspecified atom stereocenters. The highest BCUT2D eigenvalue weighted by molar-refractivity contribution is 6.01. The average molecular weight is 295 g/mol. The lowest BCUT2D eigenvalue weighted by molar-refractivity contribution is -0.0941. The Labute approximate surface area is 125 Å². The van der Waals surface area contributed by atoms with Gasteiger partial charge in [0.15, 0.2) is 5.84 Å². The Bertz CT molecular complexity index is 513. The van der Waals surface area contributed by atoms with E-state index in [9.17, 15) is 0 Å². The van der Waals surface area contributed by atoms with E-state index in [1.807, 2.05) is 25.3 Å². The molecule has 0 bridgehead atoms. The third kappa shape index (κ3) is 3.19. The standard InChI is InChI=1S/C14H25N5O2/c1-4-21-14(3,7-5-6-8-20)19-9-16-11-12(15)17-10(2)18-13(11)19/h9-10,18,20H,4-8H2,1-3H3,(H2,15,17). The molecular formula is C14H25N5O2. The van der Waals surface area contributed by atoms with Gasteiger partial charge in [-0.15, -0.1) is 0 Å². The van der Waals surface area contributed by atoms with E-state index in [4.69, 9.17) is 15.6 Å². The monoisotopic (exact) mass is 295 g/mol. The molecule has 1 aromatic rings. The van der Waals surface area contributed by atoms with Gasteiger partial charge in [-0.3, -0.25) is 4.57 Å². The number of hydrogen-bond donors (Lipinski definition) is 3. The van der Waals surface area contributed by atoms with Crippen molar-refractivity contribution in [3.8, 4) is 0 Å². The highest BCUT2D eigenvalue weighted by atomic mass is 16.5. The van der Waals surface area contributed by atoms with Gasteiger partial charge in [-0.25, -0.2) is 9.98 Å². The molecular weight excluding hydrogens is 270 g/mol. The van der Waals surface area contributed by atoms with Gasteiger partial charge in [-0.05, 0) is 40.0 Å². The predicted octanol–water partition coefficient (Wildman–Crippen LogP) is 1.23. The quantitative estimate of drug-likeness (QED) is 0.657. The van der Waals surface area contributed by atoms with Gasteiger partial charge in [0.05, 0.1) is 6.33 Å². The first-order valence-electron chi connectivity index (χ1n) is 7.44. The van der Waals surface area contributed by atoms with Crippen LogP contribution >= 0.6 is 0 Å². The number of nitrogens with two attached hydrogens (primary N) is 1. The van der Waals surface area contributed by atoms with E-state index >= 15 is 0 Å². The zero-order chi connectivity index (χ0) is 15.5. The number of nitrogens with one attached hydrogen (secondary N) is 1. The SMILES string of the molecule is CCOC(C)(CCCCO)n1cnc2c1NC(C)N=C2N. The minimum absolute atomic E-state index is 0.0868. The minimum Gasteiger partial charge on any atom is -0.396 e. The third-order valence-electron chi connectivity index (χ3n) is 3.70. The van der Waals surface area contributed by atoms with Crippen LogP contribution in [0.4, 0.5) is 5.82 Å².